The summed E-state index contributed by atoms with van der Waals surface area (Å²) in [6.07, 6.45) is 0. The Balaban J connectivity index is 0.000000172. The molecule has 0 heterocycles. The summed E-state index contributed by atoms with van der Waals surface area (Å²) in [6.45, 7) is 0. The molecule has 0 aliphatic rings. The minimum Gasteiger partial charge on any atom is -0.497 e. The van der Waals surface area contributed by atoms with Crippen LogP contribution in [0.1, 0.15) is 0 Å². The molecule has 2 nitrogen and oxygen atoms in total. The van der Waals surface area contributed by atoms with Crippen LogP contribution in [-0.2, 0) is 0 Å². The Bertz CT molecular complexity index is 632. The van der Waals surface area contributed by atoms with Crippen molar-refractivity contribution < 1.29 is 9.47 Å². The lowest BCUT2D eigenvalue weighted by Gasteiger charge is -2.03. The molecule has 0 saturated heterocycles. The zero-order chi connectivity index (χ0) is 15.6. The van der Waals surface area contributed by atoms with Crippen molar-refractivity contribution in [2.75, 3.05) is 7.11 Å². The summed E-state index contributed by atoms with van der Waals surface area (Å²) in [4.78, 5) is 0. The van der Waals surface area contributed by atoms with Crippen molar-refractivity contribution in [3.63, 3.8) is 0 Å². The lowest BCUT2D eigenvalue weighted by Crippen LogP contribution is -2.05. The molecule has 3 heteroatoms. The minimum atomic E-state index is 0.681. The van der Waals surface area contributed by atoms with E-state index in [4.69, 9.17) is 17.3 Å². The van der Waals surface area contributed by atoms with Crippen LogP contribution in [0.15, 0.2) is 84.9 Å². The standard InChI is InChI=1S/C12H10O.C7H7BO/c1-3-7-11(8-4-1)13-12-9-5-2-6-10-12;1-9-7-5-3-2-4-6(7)8/h1-10H;2-5H,1H3. The van der Waals surface area contributed by atoms with Gasteiger partial charge < -0.3 is 9.47 Å². The maximum absolute atomic E-state index is 5.58. The van der Waals surface area contributed by atoms with E-state index < -0.39 is 0 Å². The largest absolute Gasteiger partial charge is 0.497 e. The van der Waals surface area contributed by atoms with Crippen molar-refractivity contribution in [3.8, 4) is 17.2 Å². The molecule has 0 aromatic heterocycles. The molecule has 22 heavy (non-hydrogen) atoms. The number of benzene rings is 3. The quantitative estimate of drug-likeness (QED) is 0.679. The van der Waals surface area contributed by atoms with Crippen LogP contribution in [0.4, 0.5) is 0 Å². The monoisotopic (exact) mass is 288 g/mol. The molecule has 3 aromatic rings. The third-order valence-corrected chi connectivity index (χ3v) is 2.86. The van der Waals surface area contributed by atoms with Gasteiger partial charge in [0.25, 0.3) is 0 Å². The number of hydrogen-bond acceptors (Lipinski definition) is 2. The predicted molar refractivity (Wildman–Crippen MR) is 91.3 cm³/mol. The van der Waals surface area contributed by atoms with Crippen molar-refractivity contribution in [2.24, 2.45) is 0 Å². The summed E-state index contributed by atoms with van der Waals surface area (Å²) in [5.74, 6) is 2.47. The molecule has 0 aliphatic heterocycles. The van der Waals surface area contributed by atoms with E-state index in [1.165, 1.54) is 0 Å². The second-order valence-corrected chi connectivity index (χ2v) is 4.47. The van der Waals surface area contributed by atoms with E-state index in [9.17, 15) is 0 Å². The minimum absolute atomic E-state index is 0.681. The van der Waals surface area contributed by atoms with Gasteiger partial charge in [-0.15, -0.1) is 0 Å². The highest BCUT2D eigenvalue weighted by molar-refractivity contribution is 6.34. The molecule has 3 aromatic carbocycles. The summed E-state index contributed by atoms with van der Waals surface area (Å²) >= 11 is 0. The zero-order valence-electron chi connectivity index (χ0n) is 12.5. The molecule has 0 atom stereocenters. The van der Waals surface area contributed by atoms with Crippen LogP contribution in [0.5, 0.6) is 17.2 Å². The van der Waals surface area contributed by atoms with Gasteiger partial charge in [0, 0.05) is 0 Å². The van der Waals surface area contributed by atoms with Gasteiger partial charge in [0.2, 0.25) is 0 Å². The van der Waals surface area contributed by atoms with E-state index in [2.05, 4.69) is 0 Å². The fraction of sp³-hybridized carbons (Fsp3) is 0.0526. The average molecular weight is 288 g/mol. The lowest BCUT2D eigenvalue weighted by atomic mass is 9.95. The Morgan fingerprint density at radius 2 is 1.09 bits per heavy atom. The lowest BCUT2D eigenvalue weighted by molar-refractivity contribution is 0.418. The molecule has 0 N–H and O–H groups in total. The van der Waals surface area contributed by atoms with Crippen LogP contribution in [-0.4, -0.2) is 15.0 Å². The van der Waals surface area contributed by atoms with Crippen LogP contribution >= 0.6 is 0 Å². The summed E-state index contributed by atoms with van der Waals surface area (Å²) < 4.78 is 10.5. The molecule has 108 valence electrons. The molecule has 3 rings (SSSR count). The molecule has 0 unspecified atom stereocenters. The van der Waals surface area contributed by atoms with Crippen molar-refractivity contribution in [1.82, 2.24) is 0 Å². The van der Waals surface area contributed by atoms with Gasteiger partial charge in [-0.3, -0.25) is 0 Å². The van der Waals surface area contributed by atoms with E-state index in [-0.39, 0.29) is 0 Å². The van der Waals surface area contributed by atoms with Gasteiger partial charge in [-0.2, -0.15) is 0 Å². The maximum Gasteiger partial charge on any atom is 0.127 e. The van der Waals surface area contributed by atoms with Crippen LogP contribution in [0.3, 0.4) is 0 Å². The van der Waals surface area contributed by atoms with Crippen molar-refractivity contribution in [3.05, 3.63) is 84.9 Å². The van der Waals surface area contributed by atoms with Gasteiger partial charge >= 0.3 is 0 Å². The maximum atomic E-state index is 5.58. The topological polar surface area (TPSA) is 18.5 Å². The van der Waals surface area contributed by atoms with Gasteiger partial charge in [-0.1, -0.05) is 60.1 Å². The molecule has 0 fully saturated rings. The number of hydrogen-bond donors (Lipinski definition) is 0. The SMILES string of the molecule is [B]c1ccccc1OC.c1ccc(Oc2ccccc2)cc1. The summed E-state index contributed by atoms with van der Waals surface area (Å²) in [6, 6.07) is 26.9. The number of rotatable bonds is 3. The summed E-state index contributed by atoms with van der Waals surface area (Å²) in [7, 11) is 7.11. The number of ether oxygens (including phenoxy) is 2. The Morgan fingerprint density at radius 1 is 0.636 bits per heavy atom. The van der Waals surface area contributed by atoms with Crippen LogP contribution < -0.4 is 14.9 Å². The third-order valence-electron chi connectivity index (χ3n) is 2.86. The van der Waals surface area contributed by atoms with E-state index in [0.717, 1.165) is 17.2 Å². The van der Waals surface area contributed by atoms with Gasteiger partial charge in [-0.05, 0) is 30.3 Å². The van der Waals surface area contributed by atoms with Crippen LogP contribution in [0.2, 0.25) is 0 Å². The van der Waals surface area contributed by atoms with E-state index in [1.54, 1.807) is 13.2 Å². The molecular formula is C19H17BO2. The van der Waals surface area contributed by atoms with Crippen molar-refractivity contribution in [1.29, 1.82) is 0 Å². The first kappa shape index (κ1) is 15.7. The normalized spacial score (nSPS) is 9.32. The molecule has 0 spiro atoms. The van der Waals surface area contributed by atoms with E-state index in [0.29, 0.717) is 5.46 Å². The Morgan fingerprint density at radius 3 is 1.50 bits per heavy atom. The van der Waals surface area contributed by atoms with Crippen molar-refractivity contribution in [2.45, 2.75) is 0 Å². The summed E-state index contributed by atoms with van der Waals surface area (Å²) in [5.41, 5.74) is 0.681. The van der Waals surface area contributed by atoms with E-state index >= 15 is 0 Å². The Kier molecular flexibility index (Phi) is 6.12. The fourth-order valence-corrected chi connectivity index (χ4v) is 1.78. The Labute approximate surface area is 132 Å². The molecule has 2 radical (unpaired) electrons. The molecule has 0 saturated carbocycles. The first-order valence-electron chi connectivity index (χ1n) is 6.96. The molecule has 0 aliphatic carbocycles. The molecule has 0 amide bonds. The highest BCUT2D eigenvalue weighted by atomic mass is 16.5. The Hall–Kier alpha value is -2.68. The number of para-hydroxylation sites is 3. The molecular weight excluding hydrogens is 271 g/mol. The third kappa shape index (κ3) is 5.02. The fourth-order valence-electron chi connectivity index (χ4n) is 1.78. The molecule has 0 bridgehead atoms. The highest BCUT2D eigenvalue weighted by Crippen LogP contribution is 2.19. The number of methoxy groups -OCH3 is 1. The van der Waals surface area contributed by atoms with Crippen molar-refractivity contribution >= 4 is 13.3 Å². The second-order valence-electron chi connectivity index (χ2n) is 4.47. The van der Waals surface area contributed by atoms with E-state index in [1.807, 2.05) is 78.9 Å². The van der Waals surface area contributed by atoms with Crippen LogP contribution in [0, 0.1) is 0 Å². The first-order valence-corrected chi connectivity index (χ1v) is 6.96. The van der Waals surface area contributed by atoms with Gasteiger partial charge in [0.1, 0.15) is 25.1 Å². The van der Waals surface area contributed by atoms with Crippen LogP contribution in [0.25, 0.3) is 0 Å². The first-order chi connectivity index (χ1) is 10.8. The zero-order valence-corrected chi connectivity index (χ0v) is 12.5. The smallest absolute Gasteiger partial charge is 0.127 e. The second kappa shape index (κ2) is 8.58. The van der Waals surface area contributed by atoms with Gasteiger partial charge in [-0.25, -0.2) is 0 Å². The summed E-state index contributed by atoms with van der Waals surface area (Å²) in [5, 5.41) is 0. The van der Waals surface area contributed by atoms with Gasteiger partial charge in [0.15, 0.2) is 0 Å². The average Bonchev–Trinajstić information content (AvgIpc) is 2.58. The van der Waals surface area contributed by atoms with Gasteiger partial charge in [0.05, 0.1) is 7.11 Å². The predicted octanol–water partition coefficient (Wildman–Crippen LogP) is 3.97. The highest BCUT2D eigenvalue weighted by Gasteiger charge is 1.92.